The van der Waals surface area contributed by atoms with Gasteiger partial charge in [-0.25, -0.2) is 0 Å². The van der Waals surface area contributed by atoms with Crippen LogP contribution in [-0.4, -0.2) is 38.0 Å². The second-order valence-corrected chi connectivity index (χ2v) is 5.95. The van der Waals surface area contributed by atoms with Crippen LogP contribution in [0.5, 0.6) is 0 Å². The van der Waals surface area contributed by atoms with E-state index in [9.17, 15) is 0 Å². The summed E-state index contributed by atoms with van der Waals surface area (Å²) in [6, 6.07) is 8.85. The minimum absolute atomic E-state index is 0. The third kappa shape index (κ3) is 6.12. The second-order valence-electron chi connectivity index (χ2n) is 5.95. The lowest BCUT2D eigenvalue weighted by Gasteiger charge is -2.30. The Balaban J connectivity index is 0.00000242. The van der Waals surface area contributed by atoms with Crippen molar-refractivity contribution in [1.82, 2.24) is 15.5 Å². The van der Waals surface area contributed by atoms with Gasteiger partial charge in [0.25, 0.3) is 0 Å². The number of likely N-dealkylation sites (tertiary alicyclic amines) is 1. The summed E-state index contributed by atoms with van der Waals surface area (Å²) in [5, 5.41) is 6.33. The van der Waals surface area contributed by atoms with Gasteiger partial charge >= 0.3 is 0 Å². The van der Waals surface area contributed by atoms with Crippen LogP contribution in [0, 0.1) is 5.92 Å². The first-order valence-electron chi connectivity index (χ1n) is 7.90. The summed E-state index contributed by atoms with van der Waals surface area (Å²) in [6.07, 6.45) is 2.67. The van der Waals surface area contributed by atoms with Gasteiger partial charge in [-0.1, -0.05) is 31.2 Å². The van der Waals surface area contributed by atoms with Gasteiger partial charge in [-0.2, -0.15) is 0 Å². The molecule has 0 amide bonds. The minimum atomic E-state index is 0. The summed E-state index contributed by atoms with van der Waals surface area (Å²) in [6.45, 7) is 6.70. The molecule has 0 spiro atoms. The number of nitrogens with one attached hydrogen (secondary N) is 2. The summed E-state index contributed by atoms with van der Waals surface area (Å²) in [7, 11) is 3.66. The number of hydrogen-bond acceptors (Lipinski definition) is 2. The molecule has 22 heavy (non-hydrogen) atoms. The smallest absolute Gasteiger partial charge is 0.190 e. The van der Waals surface area contributed by atoms with Crippen LogP contribution in [0.3, 0.4) is 0 Å². The Morgan fingerprint density at radius 2 is 1.95 bits per heavy atom. The molecule has 0 saturated carbocycles. The Kier molecular flexibility index (Phi) is 8.78. The molecule has 1 aliphatic rings. The van der Waals surface area contributed by atoms with Crippen molar-refractivity contribution in [1.29, 1.82) is 0 Å². The highest BCUT2D eigenvalue weighted by Crippen LogP contribution is 2.18. The van der Waals surface area contributed by atoms with Crippen molar-refractivity contribution in [2.75, 3.05) is 27.2 Å². The molecule has 1 aromatic rings. The fraction of sp³-hybridized carbons (Fsp3) is 0.588. The molecule has 0 unspecified atom stereocenters. The van der Waals surface area contributed by atoms with Crippen LogP contribution >= 0.6 is 24.0 Å². The summed E-state index contributed by atoms with van der Waals surface area (Å²) in [5.74, 6) is 1.72. The number of nitrogens with zero attached hydrogens (tertiary/aromatic N) is 2. The second kappa shape index (κ2) is 10.0. The van der Waals surface area contributed by atoms with E-state index in [2.05, 4.69) is 51.7 Å². The number of guanidine groups is 1. The Labute approximate surface area is 151 Å². The molecule has 1 aromatic carbocycles. The zero-order valence-electron chi connectivity index (χ0n) is 13.9. The highest BCUT2D eigenvalue weighted by atomic mass is 127. The van der Waals surface area contributed by atoms with E-state index in [1.165, 1.54) is 37.1 Å². The molecule has 1 fully saturated rings. The van der Waals surface area contributed by atoms with Crippen molar-refractivity contribution in [2.24, 2.45) is 10.9 Å². The molecule has 124 valence electrons. The normalized spacial score (nSPS) is 17.0. The van der Waals surface area contributed by atoms with E-state index in [4.69, 9.17) is 0 Å². The maximum Gasteiger partial charge on any atom is 0.190 e. The maximum absolute atomic E-state index is 4.13. The van der Waals surface area contributed by atoms with Gasteiger partial charge in [-0.15, -0.1) is 24.0 Å². The molecule has 5 heteroatoms. The van der Waals surface area contributed by atoms with E-state index in [1.807, 2.05) is 7.05 Å². The molecule has 1 saturated heterocycles. The van der Waals surface area contributed by atoms with Gasteiger partial charge in [-0.05, 0) is 43.0 Å². The monoisotopic (exact) mass is 416 g/mol. The lowest BCUT2D eigenvalue weighted by Crippen LogP contribution is -2.34. The number of rotatable bonds is 4. The third-order valence-corrected chi connectivity index (χ3v) is 4.19. The predicted molar refractivity (Wildman–Crippen MR) is 105 cm³/mol. The summed E-state index contributed by atoms with van der Waals surface area (Å²) >= 11 is 0. The minimum Gasteiger partial charge on any atom is -0.359 e. The van der Waals surface area contributed by atoms with Gasteiger partial charge in [0, 0.05) is 27.2 Å². The Morgan fingerprint density at radius 1 is 1.27 bits per heavy atom. The van der Waals surface area contributed by atoms with E-state index in [0.717, 1.165) is 25.0 Å². The summed E-state index contributed by atoms with van der Waals surface area (Å²) < 4.78 is 0. The van der Waals surface area contributed by atoms with Crippen LogP contribution in [-0.2, 0) is 13.1 Å². The molecular weight excluding hydrogens is 387 g/mol. The Bertz CT molecular complexity index is 467. The van der Waals surface area contributed by atoms with Gasteiger partial charge in [0.1, 0.15) is 0 Å². The standard InChI is InChI=1S/C17H28N4.HI/c1-14-7-9-21(10-8-14)13-16-6-4-5-15(11-16)12-20-17(18-2)19-3;/h4-6,11,14H,7-10,12-13H2,1-3H3,(H2,18,19,20);1H. The highest BCUT2D eigenvalue weighted by Gasteiger charge is 2.15. The third-order valence-electron chi connectivity index (χ3n) is 4.19. The molecule has 0 aromatic heterocycles. The van der Waals surface area contributed by atoms with Crippen LogP contribution < -0.4 is 10.6 Å². The van der Waals surface area contributed by atoms with Gasteiger partial charge in [0.15, 0.2) is 5.96 Å². The van der Waals surface area contributed by atoms with Crippen molar-refractivity contribution in [3.63, 3.8) is 0 Å². The Morgan fingerprint density at radius 3 is 2.59 bits per heavy atom. The zero-order chi connectivity index (χ0) is 15.1. The average molecular weight is 416 g/mol. The summed E-state index contributed by atoms with van der Waals surface area (Å²) in [5.41, 5.74) is 2.71. The van der Waals surface area contributed by atoms with E-state index in [1.54, 1.807) is 7.05 Å². The molecule has 0 bridgehead atoms. The predicted octanol–water partition coefficient (Wildman–Crippen LogP) is 2.83. The topological polar surface area (TPSA) is 39.7 Å². The Hall–Kier alpha value is -0.820. The first-order valence-corrected chi connectivity index (χ1v) is 7.90. The molecule has 0 aliphatic carbocycles. The number of aliphatic imine (C=N–C) groups is 1. The van der Waals surface area contributed by atoms with Crippen molar-refractivity contribution < 1.29 is 0 Å². The molecule has 0 atom stereocenters. The quantitative estimate of drug-likeness (QED) is 0.451. The molecule has 1 aliphatic heterocycles. The average Bonchev–Trinajstić information content (AvgIpc) is 2.51. The molecule has 2 N–H and O–H groups in total. The van der Waals surface area contributed by atoms with Crippen molar-refractivity contribution in [2.45, 2.75) is 32.9 Å². The van der Waals surface area contributed by atoms with Crippen LogP contribution in [0.1, 0.15) is 30.9 Å². The van der Waals surface area contributed by atoms with Crippen LogP contribution in [0.2, 0.25) is 0 Å². The van der Waals surface area contributed by atoms with E-state index in [0.29, 0.717) is 0 Å². The SMILES string of the molecule is CN=C(NC)NCc1cccc(CN2CCC(C)CC2)c1.I. The van der Waals surface area contributed by atoms with Crippen LogP contribution in [0.25, 0.3) is 0 Å². The fourth-order valence-electron chi connectivity index (χ4n) is 2.78. The van der Waals surface area contributed by atoms with E-state index < -0.39 is 0 Å². The first kappa shape index (κ1) is 19.2. The van der Waals surface area contributed by atoms with Crippen LogP contribution in [0.4, 0.5) is 0 Å². The lowest BCUT2D eigenvalue weighted by atomic mass is 9.98. The number of piperidine rings is 1. The van der Waals surface area contributed by atoms with Gasteiger partial charge < -0.3 is 10.6 Å². The van der Waals surface area contributed by atoms with Crippen molar-refractivity contribution >= 4 is 29.9 Å². The highest BCUT2D eigenvalue weighted by molar-refractivity contribution is 14.0. The summed E-state index contributed by atoms with van der Waals surface area (Å²) in [4.78, 5) is 6.70. The number of benzene rings is 1. The largest absolute Gasteiger partial charge is 0.359 e. The first-order chi connectivity index (χ1) is 10.2. The lowest BCUT2D eigenvalue weighted by molar-refractivity contribution is 0.185. The van der Waals surface area contributed by atoms with E-state index >= 15 is 0 Å². The van der Waals surface area contributed by atoms with Crippen molar-refractivity contribution in [3.05, 3.63) is 35.4 Å². The van der Waals surface area contributed by atoms with Gasteiger partial charge in [-0.3, -0.25) is 9.89 Å². The molecule has 1 heterocycles. The molecular formula is C17H29IN4. The van der Waals surface area contributed by atoms with E-state index in [-0.39, 0.29) is 24.0 Å². The van der Waals surface area contributed by atoms with Crippen molar-refractivity contribution in [3.8, 4) is 0 Å². The number of halogens is 1. The molecule has 4 nitrogen and oxygen atoms in total. The fourth-order valence-corrected chi connectivity index (χ4v) is 2.78. The zero-order valence-corrected chi connectivity index (χ0v) is 16.3. The molecule has 0 radical (unpaired) electrons. The van der Waals surface area contributed by atoms with Crippen LogP contribution in [0.15, 0.2) is 29.3 Å². The molecule has 2 rings (SSSR count). The van der Waals surface area contributed by atoms with Gasteiger partial charge in [0.2, 0.25) is 0 Å². The van der Waals surface area contributed by atoms with Gasteiger partial charge in [0.05, 0.1) is 0 Å². The number of hydrogen-bond donors (Lipinski definition) is 2. The maximum atomic E-state index is 4.13.